The Morgan fingerprint density at radius 2 is 2.29 bits per heavy atom. The summed E-state index contributed by atoms with van der Waals surface area (Å²) < 4.78 is 30.8. The van der Waals surface area contributed by atoms with E-state index in [0.717, 1.165) is 30.8 Å². The highest BCUT2D eigenvalue weighted by atomic mass is 79.9. The molecule has 5 nitrogen and oxygen atoms in total. The predicted molar refractivity (Wildman–Crippen MR) is 68.4 cm³/mol. The van der Waals surface area contributed by atoms with Crippen molar-refractivity contribution in [3.8, 4) is 0 Å². The lowest BCUT2D eigenvalue weighted by molar-refractivity contribution is 0.178. The van der Waals surface area contributed by atoms with Gasteiger partial charge in [0.1, 0.15) is 0 Å². The molecule has 1 heterocycles. The van der Waals surface area contributed by atoms with Crippen molar-refractivity contribution in [3.63, 3.8) is 0 Å². The van der Waals surface area contributed by atoms with Gasteiger partial charge in [0.15, 0.2) is 4.21 Å². The first-order valence-corrected chi connectivity index (χ1v) is 8.31. The van der Waals surface area contributed by atoms with Crippen molar-refractivity contribution >= 4 is 37.5 Å². The van der Waals surface area contributed by atoms with Crippen LogP contribution in [-0.2, 0) is 10.0 Å². The van der Waals surface area contributed by atoms with Gasteiger partial charge < -0.3 is 5.11 Å². The third-order valence-electron chi connectivity index (χ3n) is 2.84. The molecule has 0 bridgehead atoms. The fourth-order valence-corrected chi connectivity index (χ4v) is 5.46. The second kappa shape index (κ2) is 5.31. The Kier molecular flexibility index (Phi) is 4.19. The summed E-state index contributed by atoms with van der Waals surface area (Å²) in [7, 11) is -3.53. The van der Waals surface area contributed by atoms with Gasteiger partial charge in [-0.25, -0.2) is 8.42 Å². The van der Waals surface area contributed by atoms with Gasteiger partial charge in [0.25, 0.3) is 10.0 Å². The van der Waals surface area contributed by atoms with Crippen molar-refractivity contribution in [2.24, 2.45) is 0 Å². The Morgan fingerprint density at radius 3 is 2.71 bits per heavy atom. The minimum atomic E-state index is -3.53. The largest absolute Gasteiger partial charge is 0.395 e. The summed E-state index contributed by atoms with van der Waals surface area (Å²) in [5.41, 5.74) is 0. The number of nitrogens with zero attached hydrogens (tertiary/aromatic N) is 2. The van der Waals surface area contributed by atoms with Crippen LogP contribution in [0.5, 0.6) is 0 Å². The molecule has 96 valence electrons. The van der Waals surface area contributed by atoms with Crippen LogP contribution in [0.3, 0.4) is 0 Å². The van der Waals surface area contributed by atoms with Crippen molar-refractivity contribution in [2.45, 2.75) is 29.5 Å². The molecule has 0 amide bonds. The van der Waals surface area contributed by atoms with E-state index in [1.165, 1.54) is 10.5 Å². The number of sulfonamides is 1. The third kappa shape index (κ3) is 2.55. The first-order chi connectivity index (χ1) is 8.07. The monoisotopic (exact) mass is 340 g/mol. The van der Waals surface area contributed by atoms with Gasteiger partial charge in [0, 0.05) is 12.6 Å². The molecule has 1 aromatic heterocycles. The van der Waals surface area contributed by atoms with Gasteiger partial charge in [0.05, 0.1) is 17.3 Å². The average Bonchev–Trinajstić information content (AvgIpc) is 2.61. The summed E-state index contributed by atoms with van der Waals surface area (Å²) in [6.45, 7) is -0.0104. The van der Waals surface area contributed by atoms with E-state index in [1.807, 2.05) is 0 Å². The Morgan fingerprint density at radius 1 is 1.59 bits per heavy atom. The smallest absolute Gasteiger partial charge is 0.255 e. The summed E-state index contributed by atoms with van der Waals surface area (Å²) in [5.74, 6) is 0. The van der Waals surface area contributed by atoms with Crippen LogP contribution in [0.25, 0.3) is 0 Å². The van der Waals surface area contributed by atoms with Gasteiger partial charge in [-0.3, -0.25) is 0 Å². The summed E-state index contributed by atoms with van der Waals surface area (Å²) >= 11 is 4.14. The summed E-state index contributed by atoms with van der Waals surface area (Å²) in [5, 5.41) is 9.01. The lowest BCUT2D eigenvalue weighted by atomic mass is 9.93. The second-order valence-corrected chi connectivity index (χ2v) is 7.63. The Bertz CT molecular complexity index is 484. The van der Waals surface area contributed by atoms with Crippen LogP contribution in [0, 0.1) is 0 Å². The molecule has 1 aliphatic rings. The normalized spacial score (nSPS) is 17.4. The highest BCUT2D eigenvalue weighted by Gasteiger charge is 2.36. The van der Waals surface area contributed by atoms with E-state index in [4.69, 9.17) is 5.11 Å². The number of aliphatic hydroxyl groups is 1. The second-order valence-electron chi connectivity index (χ2n) is 3.89. The SMILES string of the molecule is O=S(=O)(c1sncc1Br)N(CCO)C1CCC1. The molecule has 0 saturated heterocycles. The molecule has 0 aromatic carbocycles. The first-order valence-electron chi connectivity index (χ1n) is 5.30. The zero-order chi connectivity index (χ0) is 12.5. The van der Waals surface area contributed by atoms with Crippen molar-refractivity contribution in [2.75, 3.05) is 13.2 Å². The van der Waals surface area contributed by atoms with E-state index in [1.54, 1.807) is 0 Å². The van der Waals surface area contributed by atoms with Crippen LogP contribution in [0.1, 0.15) is 19.3 Å². The van der Waals surface area contributed by atoms with Crippen molar-refractivity contribution < 1.29 is 13.5 Å². The maximum Gasteiger partial charge on any atom is 0.255 e. The topological polar surface area (TPSA) is 70.5 Å². The summed E-state index contributed by atoms with van der Waals surface area (Å²) in [6.07, 6.45) is 4.27. The summed E-state index contributed by atoms with van der Waals surface area (Å²) in [6, 6.07) is 0.0288. The number of hydrogen-bond donors (Lipinski definition) is 1. The van der Waals surface area contributed by atoms with Crippen molar-refractivity contribution in [3.05, 3.63) is 10.7 Å². The van der Waals surface area contributed by atoms with Gasteiger partial charge in [-0.15, -0.1) is 0 Å². The summed E-state index contributed by atoms with van der Waals surface area (Å²) in [4.78, 5) is 0. The zero-order valence-corrected chi connectivity index (χ0v) is 12.3. The number of aliphatic hydroxyl groups excluding tert-OH is 1. The van der Waals surface area contributed by atoms with Gasteiger partial charge in [-0.05, 0) is 40.3 Å². The lowest BCUT2D eigenvalue weighted by Gasteiger charge is -2.35. The van der Waals surface area contributed by atoms with Crippen molar-refractivity contribution in [1.82, 2.24) is 8.68 Å². The molecule has 0 atom stereocenters. The van der Waals surface area contributed by atoms with Crippen LogP contribution in [0.15, 0.2) is 14.9 Å². The lowest BCUT2D eigenvalue weighted by Crippen LogP contribution is -2.45. The maximum absolute atomic E-state index is 12.4. The molecule has 0 aliphatic heterocycles. The Labute approximate surface area is 113 Å². The minimum Gasteiger partial charge on any atom is -0.395 e. The van der Waals surface area contributed by atoms with Gasteiger partial charge in [-0.2, -0.15) is 8.68 Å². The van der Waals surface area contributed by atoms with Crippen LogP contribution in [-0.4, -0.2) is 41.4 Å². The van der Waals surface area contributed by atoms with E-state index < -0.39 is 10.0 Å². The molecule has 0 radical (unpaired) electrons. The van der Waals surface area contributed by atoms with Crippen LogP contribution < -0.4 is 0 Å². The van der Waals surface area contributed by atoms with E-state index in [0.29, 0.717) is 4.47 Å². The molecule has 1 fully saturated rings. The maximum atomic E-state index is 12.4. The molecule has 0 spiro atoms. The number of aromatic nitrogens is 1. The Balaban J connectivity index is 2.31. The predicted octanol–water partition coefficient (Wildman–Crippen LogP) is 1.44. The average molecular weight is 341 g/mol. The van der Waals surface area contributed by atoms with Gasteiger partial charge >= 0.3 is 0 Å². The number of hydrogen-bond acceptors (Lipinski definition) is 5. The fraction of sp³-hybridized carbons (Fsp3) is 0.667. The highest BCUT2D eigenvalue weighted by Crippen LogP contribution is 2.33. The molecule has 1 saturated carbocycles. The quantitative estimate of drug-likeness (QED) is 0.880. The standard InChI is InChI=1S/C9H13BrN2O3S2/c10-8-6-11-16-9(8)17(14,15)12(4-5-13)7-2-1-3-7/h6-7,13H,1-5H2. The molecule has 1 aliphatic carbocycles. The third-order valence-corrected chi connectivity index (χ3v) is 7.21. The van der Waals surface area contributed by atoms with Crippen LogP contribution in [0.2, 0.25) is 0 Å². The molecule has 1 N–H and O–H groups in total. The molecular formula is C9H13BrN2O3S2. The fourth-order valence-electron chi connectivity index (χ4n) is 1.77. The highest BCUT2D eigenvalue weighted by molar-refractivity contribution is 9.10. The van der Waals surface area contributed by atoms with E-state index in [9.17, 15) is 8.42 Å². The molecule has 17 heavy (non-hydrogen) atoms. The first kappa shape index (κ1) is 13.4. The van der Waals surface area contributed by atoms with E-state index >= 15 is 0 Å². The molecule has 2 rings (SSSR count). The Hall–Kier alpha value is -0.0200. The minimum absolute atomic E-state index is 0.0288. The van der Waals surface area contributed by atoms with Gasteiger partial charge in [-0.1, -0.05) is 6.42 Å². The van der Waals surface area contributed by atoms with Crippen molar-refractivity contribution in [1.29, 1.82) is 0 Å². The zero-order valence-electron chi connectivity index (χ0n) is 9.04. The molecule has 8 heteroatoms. The number of halogens is 1. The van der Waals surface area contributed by atoms with Gasteiger partial charge in [0.2, 0.25) is 0 Å². The molecule has 0 unspecified atom stereocenters. The van der Waals surface area contributed by atoms with Crippen LogP contribution in [0.4, 0.5) is 0 Å². The van der Waals surface area contributed by atoms with Crippen LogP contribution >= 0.6 is 27.5 Å². The van der Waals surface area contributed by atoms with E-state index in [-0.39, 0.29) is 23.4 Å². The molecular weight excluding hydrogens is 328 g/mol. The molecule has 1 aromatic rings. The number of rotatable bonds is 5. The van der Waals surface area contributed by atoms with E-state index in [2.05, 4.69) is 20.3 Å².